The number of imidazole rings is 1. The van der Waals surface area contributed by atoms with Crippen molar-refractivity contribution in [3.8, 4) is 5.75 Å². The smallest absolute Gasteiger partial charge is 0.252 e. The number of nitrogens with one attached hydrogen (secondary N) is 1. The van der Waals surface area contributed by atoms with Gasteiger partial charge in [0.15, 0.2) is 0 Å². The minimum absolute atomic E-state index is 0.147. The molecular weight excluding hydrogens is 302 g/mol. The number of amides is 1. The van der Waals surface area contributed by atoms with Gasteiger partial charge >= 0.3 is 0 Å². The topological polar surface area (TPSA) is 56.1 Å². The number of ether oxygens (including phenoxy) is 1. The minimum atomic E-state index is -0.368. The second-order valence-electron chi connectivity index (χ2n) is 5.45. The third kappa shape index (κ3) is 3.30. The molecule has 1 aromatic heterocycles. The Bertz CT molecular complexity index is 827. The zero-order valence-electron chi connectivity index (χ0n) is 13.6. The predicted molar refractivity (Wildman–Crippen MR) is 92.0 cm³/mol. The van der Waals surface area contributed by atoms with Gasteiger partial charge in [-0.05, 0) is 29.8 Å². The molecule has 0 unspecified atom stereocenters. The van der Waals surface area contributed by atoms with Gasteiger partial charge in [0.25, 0.3) is 5.91 Å². The summed E-state index contributed by atoms with van der Waals surface area (Å²) in [5.74, 6) is 1.35. The molecule has 0 aliphatic rings. The fraction of sp³-hybridized carbons (Fsp3) is 0.158. The van der Waals surface area contributed by atoms with Crippen LogP contribution >= 0.6 is 0 Å². The first kappa shape index (κ1) is 15.8. The molecule has 1 amide bonds. The molecule has 24 heavy (non-hydrogen) atoms. The van der Waals surface area contributed by atoms with Crippen molar-refractivity contribution >= 4 is 5.91 Å². The molecule has 5 heteroatoms. The molecule has 1 heterocycles. The molecule has 0 aliphatic carbocycles. The normalized spacial score (nSPS) is 11.8. The molecular formula is C19H19N3O2. The van der Waals surface area contributed by atoms with Gasteiger partial charge < -0.3 is 14.6 Å². The molecule has 0 spiro atoms. The summed E-state index contributed by atoms with van der Waals surface area (Å²) in [5.41, 5.74) is 1.52. The van der Waals surface area contributed by atoms with E-state index in [-0.39, 0.29) is 11.9 Å². The number of hydrogen-bond acceptors (Lipinski definition) is 3. The molecule has 122 valence electrons. The Labute approximate surface area is 140 Å². The number of aromatic nitrogens is 2. The zero-order valence-corrected chi connectivity index (χ0v) is 13.6. The second-order valence-corrected chi connectivity index (χ2v) is 5.45. The maximum absolute atomic E-state index is 12.6. The molecule has 3 rings (SSSR count). The number of rotatable bonds is 5. The number of benzene rings is 2. The quantitative estimate of drug-likeness (QED) is 0.786. The summed E-state index contributed by atoms with van der Waals surface area (Å²) in [5, 5.41) is 3.07. The summed E-state index contributed by atoms with van der Waals surface area (Å²) in [6, 6.07) is 16.4. The fourth-order valence-corrected chi connectivity index (χ4v) is 2.58. The minimum Gasteiger partial charge on any atom is -0.497 e. The molecule has 1 N–H and O–H groups in total. The van der Waals surface area contributed by atoms with Crippen molar-refractivity contribution in [3.05, 3.63) is 83.9 Å². The number of hydrogen-bond donors (Lipinski definition) is 1. The number of methoxy groups -OCH3 is 1. The molecule has 0 bridgehead atoms. The average molecular weight is 321 g/mol. The van der Waals surface area contributed by atoms with Crippen LogP contribution in [0.2, 0.25) is 0 Å². The first-order chi connectivity index (χ1) is 11.7. The van der Waals surface area contributed by atoms with Crippen molar-refractivity contribution in [2.45, 2.75) is 6.04 Å². The van der Waals surface area contributed by atoms with Gasteiger partial charge in [-0.15, -0.1) is 0 Å². The van der Waals surface area contributed by atoms with E-state index in [1.165, 1.54) is 0 Å². The van der Waals surface area contributed by atoms with Crippen LogP contribution in [0, 0.1) is 0 Å². The van der Waals surface area contributed by atoms with Crippen LogP contribution in [0.4, 0.5) is 0 Å². The van der Waals surface area contributed by atoms with Crippen molar-refractivity contribution in [1.82, 2.24) is 14.9 Å². The molecule has 2 aromatic carbocycles. The summed E-state index contributed by atoms with van der Waals surface area (Å²) >= 11 is 0. The summed E-state index contributed by atoms with van der Waals surface area (Å²) < 4.78 is 7.20. The van der Waals surface area contributed by atoms with Gasteiger partial charge in [0.05, 0.1) is 7.11 Å². The molecule has 0 saturated carbocycles. The van der Waals surface area contributed by atoms with E-state index in [1.54, 1.807) is 25.4 Å². The number of nitrogens with zero attached hydrogens (tertiary/aromatic N) is 2. The van der Waals surface area contributed by atoms with Gasteiger partial charge in [0, 0.05) is 25.0 Å². The molecule has 0 aliphatic heterocycles. The second kappa shape index (κ2) is 7.00. The number of carbonyl (C=O) groups is 1. The van der Waals surface area contributed by atoms with E-state index in [1.807, 2.05) is 60.3 Å². The van der Waals surface area contributed by atoms with Crippen LogP contribution in [-0.4, -0.2) is 22.6 Å². The van der Waals surface area contributed by atoms with E-state index in [4.69, 9.17) is 4.74 Å². The largest absolute Gasteiger partial charge is 0.497 e. The maximum atomic E-state index is 12.6. The number of carbonyl (C=O) groups excluding carboxylic acids is 1. The molecule has 5 nitrogen and oxygen atoms in total. The SMILES string of the molecule is COc1cccc([C@H](NC(=O)c2ccccc2)c2nccn2C)c1. The summed E-state index contributed by atoms with van der Waals surface area (Å²) in [6.45, 7) is 0. The van der Waals surface area contributed by atoms with Gasteiger partial charge in [0.2, 0.25) is 0 Å². The predicted octanol–water partition coefficient (Wildman–Crippen LogP) is 2.95. The molecule has 3 aromatic rings. The van der Waals surface area contributed by atoms with Crippen LogP contribution in [0.5, 0.6) is 5.75 Å². The highest BCUT2D eigenvalue weighted by Gasteiger charge is 2.21. The van der Waals surface area contributed by atoms with Crippen LogP contribution in [0.3, 0.4) is 0 Å². The summed E-state index contributed by atoms with van der Waals surface area (Å²) in [4.78, 5) is 17.0. The Hall–Kier alpha value is -3.08. The maximum Gasteiger partial charge on any atom is 0.252 e. The lowest BCUT2D eigenvalue weighted by Crippen LogP contribution is -2.31. The molecule has 0 fully saturated rings. The highest BCUT2D eigenvalue weighted by atomic mass is 16.5. The van der Waals surface area contributed by atoms with E-state index >= 15 is 0 Å². The lowest BCUT2D eigenvalue weighted by atomic mass is 10.0. The van der Waals surface area contributed by atoms with E-state index in [0.717, 1.165) is 17.1 Å². The average Bonchev–Trinajstić information content (AvgIpc) is 3.06. The Balaban J connectivity index is 1.96. The van der Waals surface area contributed by atoms with Crippen LogP contribution in [-0.2, 0) is 7.05 Å². The highest BCUT2D eigenvalue weighted by molar-refractivity contribution is 5.94. The van der Waals surface area contributed by atoms with Crippen molar-refractivity contribution < 1.29 is 9.53 Å². The van der Waals surface area contributed by atoms with Crippen molar-refractivity contribution in [1.29, 1.82) is 0 Å². The van der Waals surface area contributed by atoms with Crippen LogP contribution in [0.1, 0.15) is 27.8 Å². The lowest BCUT2D eigenvalue weighted by molar-refractivity contribution is 0.0941. The Kier molecular flexibility index (Phi) is 4.61. The zero-order chi connectivity index (χ0) is 16.9. The van der Waals surface area contributed by atoms with Crippen molar-refractivity contribution in [3.63, 3.8) is 0 Å². The van der Waals surface area contributed by atoms with Gasteiger partial charge in [0.1, 0.15) is 17.6 Å². The van der Waals surface area contributed by atoms with Gasteiger partial charge in [-0.2, -0.15) is 0 Å². The van der Waals surface area contributed by atoms with E-state index in [9.17, 15) is 4.79 Å². The summed E-state index contributed by atoms with van der Waals surface area (Å²) in [7, 11) is 3.53. The van der Waals surface area contributed by atoms with Crippen molar-refractivity contribution in [2.75, 3.05) is 7.11 Å². The molecule has 0 radical (unpaired) electrons. The van der Waals surface area contributed by atoms with Gasteiger partial charge in [-0.3, -0.25) is 4.79 Å². The van der Waals surface area contributed by atoms with E-state index in [2.05, 4.69) is 10.3 Å². The highest BCUT2D eigenvalue weighted by Crippen LogP contribution is 2.24. The van der Waals surface area contributed by atoms with Gasteiger partial charge in [-0.1, -0.05) is 30.3 Å². The Morgan fingerprint density at radius 3 is 2.62 bits per heavy atom. The fourth-order valence-electron chi connectivity index (χ4n) is 2.58. The van der Waals surface area contributed by atoms with E-state index < -0.39 is 0 Å². The molecule has 0 saturated heterocycles. The number of aryl methyl sites for hydroxylation is 1. The van der Waals surface area contributed by atoms with Crippen molar-refractivity contribution in [2.24, 2.45) is 7.05 Å². The summed E-state index contributed by atoms with van der Waals surface area (Å²) in [6.07, 6.45) is 3.58. The Morgan fingerprint density at radius 1 is 1.17 bits per heavy atom. The van der Waals surface area contributed by atoms with Crippen LogP contribution < -0.4 is 10.1 Å². The van der Waals surface area contributed by atoms with Crippen LogP contribution in [0.15, 0.2) is 67.0 Å². The first-order valence-corrected chi connectivity index (χ1v) is 7.66. The van der Waals surface area contributed by atoms with Gasteiger partial charge in [-0.25, -0.2) is 4.98 Å². The third-order valence-corrected chi connectivity index (χ3v) is 3.86. The van der Waals surface area contributed by atoms with E-state index in [0.29, 0.717) is 5.56 Å². The monoisotopic (exact) mass is 321 g/mol. The van der Waals surface area contributed by atoms with Crippen LogP contribution in [0.25, 0.3) is 0 Å². The third-order valence-electron chi connectivity index (χ3n) is 3.86. The Morgan fingerprint density at radius 2 is 1.96 bits per heavy atom. The standard InChI is InChI=1S/C19H19N3O2/c1-22-12-11-20-18(22)17(15-9-6-10-16(13-15)24-2)21-19(23)14-7-4-3-5-8-14/h3-13,17H,1-2H3,(H,21,23)/t17-/m0/s1. The lowest BCUT2D eigenvalue weighted by Gasteiger charge is -2.20. The molecule has 1 atom stereocenters. The first-order valence-electron chi connectivity index (χ1n) is 7.66.